The van der Waals surface area contributed by atoms with Gasteiger partial charge in [-0.05, 0) is 32.2 Å². The molecule has 0 aromatic carbocycles. The number of likely N-dealkylation sites (N-methyl/N-ethyl adjacent to an activating group) is 1. The standard InChI is InChI=1S/C39H81N10O4/c1-4-6-7-8-9-10-15-43(14-5-2)29-35-50-39(51-36-30-47-23-19-44(16-11-40)20-24-47,52-37-31-48-25-21-45(17-12-41)22-26-48)53-38-34-49(3)32-27-46(18-13-42)28-33-49/h4,8-9H,1,5-7,10-38,40-42H2,2-3H3/q+1. The zero-order chi connectivity index (χ0) is 38.0. The molecule has 3 heterocycles. The molecule has 0 atom stereocenters. The quantitative estimate of drug-likeness (QED) is 0.0399. The van der Waals surface area contributed by atoms with Gasteiger partial charge in [0.1, 0.15) is 13.2 Å². The van der Waals surface area contributed by atoms with Crippen molar-refractivity contribution in [3.63, 3.8) is 0 Å². The molecule has 14 heteroatoms. The summed E-state index contributed by atoms with van der Waals surface area (Å²) in [6, 6.07) is 0. The third kappa shape index (κ3) is 19.1. The first-order valence-corrected chi connectivity index (χ1v) is 21.0. The molecule has 6 N–H and O–H groups in total. The van der Waals surface area contributed by atoms with Gasteiger partial charge in [0.05, 0.1) is 40.0 Å². The molecule has 3 saturated heterocycles. The Morgan fingerprint density at radius 2 is 1.04 bits per heavy atom. The maximum atomic E-state index is 6.69. The van der Waals surface area contributed by atoms with Crippen LogP contribution in [0.2, 0.25) is 0 Å². The van der Waals surface area contributed by atoms with Gasteiger partial charge in [-0.1, -0.05) is 25.2 Å². The van der Waals surface area contributed by atoms with Gasteiger partial charge in [-0.25, -0.2) is 0 Å². The molecule has 0 unspecified atom stereocenters. The summed E-state index contributed by atoms with van der Waals surface area (Å²) in [4.78, 5) is 14.7. The lowest BCUT2D eigenvalue weighted by Gasteiger charge is -2.42. The lowest BCUT2D eigenvalue weighted by Crippen LogP contribution is -2.59. The monoisotopic (exact) mass is 754 g/mol. The van der Waals surface area contributed by atoms with E-state index in [9.17, 15) is 0 Å². The van der Waals surface area contributed by atoms with Crippen LogP contribution in [-0.4, -0.2) is 231 Å². The van der Waals surface area contributed by atoms with Crippen LogP contribution >= 0.6 is 0 Å². The minimum atomic E-state index is -1.56. The third-order valence-electron chi connectivity index (χ3n) is 11.0. The maximum absolute atomic E-state index is 6.69. The predicted octanol–water partition coefficient (Wildman–Crippen LogP) is 0.162. The number of rotatable bonds is 30. The van der Waals surface area contributed by atoms with Crippen LogP contribution in [0.4, 0.5) is 0 Å². The van der Waals surface area contributed by atoms with Gasteiger partial charge in [-0.3, -0.25) is 29.2 Å². The van der Waals surface area contributed by atoms with E-state index in [1.165, 1.54) is 0 Å². The lowest BCUT2D eigenvalue weighted by molar-refractivity contribution is -0.914. The second kappa shape index (κ2) is 27.5. The van der Waals surface area contributed by atoms with Crippen LogP contribution in [0.1, 0.15) is 32.6 Å². The Morgan fingerprint density at radius 3 is 1.53 bits per heavy atom. The van der Waals surface area contributed by atoms with E-state index >= 15 is 0 Å². The fourth-order valence-electron chi connectivity index (χ4n) is 7.36. The van der Waals surface area contributed by atoms with Gasteiger partial charge in [-0.15, -0.1) is 6.58 Å². The zero-order valence-corrected chi connectivity index (χ0v) is 34.1. The van der Waals surface area contributed by atoms with Crippen LogP contribution in [0.15, 0.2) is 24.8 Å². The molecule has 14 nitrogen and oxygen atoms in total. The summed E-state index contributed by atoms with van der Waals surface area (Å²) < 4.78 is 27.6. The Balaban J connectivity index is 1.67. The van der Waals surface area contributed by atoms with Gasteiger partial charge in [0, 0.05) is 131 Å². The Hall–Kier alpha value is -1.08. The van der Waals surface area contributed by atoms with E-state index in [2.05, 4.69) is 62.1 Å². The summed E-state index contributed by atoms with van der Waals surface area (Å²) in [5.74, 6) is 0. The first kappa shape index (κ1) is 46.3. The van der Waals surface area contributed by atoms with Gasteiger partial charge in [-0.2, -0.15) is 0 Å². The number of hydrogen-bond acceptors (Lipinski definition) is 13. The molecule has 3 aliphatic rings. The fourth-order valence-corrected chi connectivity index (χ4v) is 7.36. The fraction of sp³-hybridized carbons (Fsp3) is 0.897. The molecule has 3 fully saturated rings. The van der Waals surface area contributed by atoms with Gasteiger partial charge >= 0.3 is 6.16 Å². The summed E-state index contributed by atoms with van der Waals surface area (Å²) in [7, 11) is 2.33. The number of piperazine rings is 3. The van der Waals surface area contributed by atoms with Gasteiger partial charge < -0.3 is 40.8 Å². The summed E-state index contributed by atoms with van der Waals surface area (Å²) in [5.41, 5.74) is 17.5. The smallest absolute Gasteiger partial charge is 0.329 e. The van der Waals surface area contributed by atoms with Crippen LogP contribution in [0.3, 0.4) is 0 Å². The van der Waals surface area contributed by atoms with Crippen molar-refractivity contribution in [1.29, 1.82) is 0 Å². The van der Waals surface area contributed by atoms with Crippen molar-refractivity contribution in [1.82, 2.24) is 29.4 Å². The first-order chi connectivity index (χ1) is 25.9. The first-order valence-electron chi connectivity index (χ1n) is 21.0. The molecule has 53 heavy (non-hydrogen) atoms. The van der Waals surface area contributed by atoms with Crippen molar-refractivity contribution < 1.29 is 23.4 Å². The van der Waals surface area contributed by atoms with Crippen molar-refractivity contribution in [2.45, 2.75) is 38.8 Å². The van der Waals surface area contributed by atoms with E-state index in [0.29, 0.717) is 46.1 Å². The van der Waals surface area contributed by atoms with Crippen LogP contribution in [0, 0.1) is 0 Å². The maximum Gasteiger partial charge on any atom is 0.413 e. The van der Waals surface area contributed by atoms with Crippen molar-refractivity contribution >= 4 is 0 Å². The molecule has 0 radical (unpaired) electrons. The average Bonchev–Trinajstić information content (AvgIpc) is 3.16. The molecule has 0 bridgehead atoms. The third-order valence-corrected chi connectivity index (χ3v) is 11.0. The lowest BCUT2D eigenvalue weighted by atomic mass is 10.2. The molecule has 0 aliphatic carbocycles. The van der Waals surface area contributed by atoms with Crippen molar-refractivity contribution in [3.8, 4) is 0 Å². The average molecular weight is 754 g/mol. The molecule has 3 rings (SSSR count). The summed E-state index contributed by atoms with van der Waals surface area (Å²) in [6.45, 7) is 30.5. The minimum Gasteiger partial charge on any atom is -0.329 e. The molecule has 0 aromatic heterocycles. The second-order valence-corrected chi connectivity index (χ2v) is 15.2. The highest BCUT2D eigenvalue weighted by Crippen LogP contribution is 2.21. The van der Waals surface area contributed by atoms with Gasteiger partial charge in [0.2, 0.25) is 0 Å². The summed E-state index contributed by atoms with van der Waals surface area (Å²) in [5, 5.41) is 0. The van der Waals surface area contributed by atoms with E-state index < -0.39 is 6.16 Å². The molecule has 310 valence electrons. The van der Waals surface area contributed by atoms with Crippen molar-refractivity contribution in [2.24, 2.45) is 17.2 Å². The normalized spacial score (nSPS) is 20.3. The summed E-state index contributed by atoms with van der Waals surface area (Å²) >= 11 is 0. The van der Waals surface area contributed by atoms with Crippen LogP contribution in [0.25, 0.3) is 0 Å². The highest BCUT2D eigenvalue weighted by atomic mass is 17.0. The van der Waals surface area contributed by atoms with Crippen LogP contribution in [-0.2, 0) is 18.9 Å². The second-order valence-electron chi connectivity index (χ2n) is 15.2. The molecular weight excluding hydrogens is 672 g/mol. The molecule has 0 saturated carbocycles. The molecule has 3 aliphatic heterocycles. The Morgan fingerprint density at radius 1 is 0.585 bits per heavy atom. The van der Waals surface area contributed by atoms with E-state index in [0.717, 1.165) is 168 Å². The molecular formula is C39H81N10O4+. The highest BCUT2D eigenvalue weighted by Gasteiger charge is 2.38. The number of ether oxygens (including phenoxy) is 4. The Labute approximate surface area is 323 Å². The predicted molar refractivity (Wildman–Crippen MR) is 217 cm³/mol. The number of nitrogens with two attached hydrogens (primary N) is 3. The topological polar surface area (TPSA) is 134 Å². The number of hydrogen-bond donors (Lipinski definition) is 3. The van der Waals surface area contributed by atoms with Crippen LogP contribution in [0.5, 0.6) is 0 Å². The van der Waals surface area contributed by atoms with Gasteiger partial charge in [0.15, 0.2) is 0 Å². The zero-order valence-electron chi connectivity index (χ0n) is 34.1. The van der Waals surface area contributed by atoms with E-state index in [1.807, 2.05) is 6.08 Å². The van der Waals surface area contributed by atoms with Crippen molar-refractivity contribution in [3.05, 3.63) is 24.8 Å². The van der Waals surface area contributed by atoms with Crippen LogP contribution < -0.4 is 17.2 Å². The Bertz CT molecular complexity index is 909. The van der Waals surface area contributed by atoms with E-state index in [-0.39, 0.29) is 0 Å². The number of allylic oxidation sites excluding steroid dienone is 2. The molecule has 0 aromatic rings. The molecule has 0 amide bonds. The Kier molecular flexibility index (Phi) is 24.0. The SMILES string of the molecule is C=CCCC=CCCN(CCC)CCOC(OCCN1CCN(CCN)CC1)(OCCN1CCN(CCN)CC1)OCC[N+]1(C)CCN(CCN)CC1. The van der Waals surface area contributed by atoms with E-state index in [1.54, 1.807) is 0 Å². The summed E-state index contributed by atoms with van der Waals surface area (Å²) in [6.07, 6.45) is 9.13. The van der Waals surface area contributed by atoms with E-state index in [4.69, 9.17) is 36.1 Å². The largest absolute Gasteiger partial charge is 0.413 e. The number of quaternary nitrogens is 1. The minimum absolute atomic E-state index is 0.454. The van der Waals surface area contributed by atoms with Crippen molar-refractivity contribution in [2.75, 3.05) is 191 Å². The number of unbranched alkanes of at least 4 members (excludes halogenated alkanes) is 1. The molecule has 0 spiro atoms. The number of nitrogens with zero attached hydrogens (tertiary/aromatic N) is 7. The van der Waals surface area contributed by atoms with Gasteiger partial charge in [0.25, 0.3) is 0 Å². The highest BCUT2D eigenvalue weighted by molar-refractivity contribution is 4.85.